The zero-order chi connectivity index (χ0) is 23.8. The van der Waals surface area contributed by atoms with Gasteiger partial charge in [-0.2, -0.15) is 0 Å². The third kappa shape index (κ3) is 5.68. The molecule has 34 heavy (non-hydrogen) atoms. The van der Waals surface area contributed by atoms with E-state index in [1.807, 2.05) is 48.5 Å². The predicted octanol–water partition coefficient (Wildman–Crippen LogP) is 7.21. The summed E-state index contributed by atoms with van der Waals surface area (Å²) < 4.78 is 11.5. The Balaban J connectivity index is 1.72. The number of para-hydroxylation sites is 2. The lowest BCUT2D eigenvalue weighted by Crippen LogP contribution is -2.14. The first-order chi connectivity index (χ1) is 16.7. The van der Waals surface area contributed by atoms with Crippen LogP contribution in [0.4, 0.5) is 10.7 Å². The van der Waals surface area contributed by atoms with Gasteiger partial charge in [0.05, 0.1) is 19.3 Å². The summed E-state index contributed by atoms with van der Waals surface area (Å²) in [6.45, 7) is 2.67. The van der Waals surface area contributed by atoms with Gasteiger partial charge >= 0.3 is 0 Å². The third-order valence-corrected chi connectivity index (χ3v) is 7.11. The number of fused-ring (bicyclic) bond motifs is 1. The van der Waals surface area contributed by atoms with Crippen molar-refractivity contribution in [2.45, 2.75) is 51.9 Å². The Morgan fingerprint density at radius 3 is 2.62 bits per heavy atom. The first-order valence-electron chi connectivity index (χ1n) is 12.1. The van der Waals surface area contributed by atoms with Crippen molar-refractivity contribution in [3.05, 3.63) is 70.1 Å². The van der Waals surface area contributed by atoms with Crippen molar-refractivity contribution in [1.82, 2.24) is 0 Å². The van der Waals surface area contributed by atoms with Crippen LogP contribution in [0, 0.1) is 0 Å². The lowest BCUT2D eigenvalue weighted by Gasteiger charge is -2.12. The summed E-state index contributed by atoms with van der Waals surface area (Å²) in [7, 11) is 1.64. The van der Waals surface area contributed by atoms with Gasteiger partial charge < -0.3 is 14.8 Å². The number of benzene rings is 2. The minimum absolute atomic E-state index is 0.0930. The van der Waals surface area contributed by atoms with Gasteiger partial charge in [-0.05, 0) is 61.9 Å². The molecule has 5 nitrogen and oxygen atoms in total. The number of methoxy groups -OCH3 is 1. The minimum Gasteiger partial charge on any atom is -0.493 e. The van der Waals surface area contributed by atoms with Crippen LogP contribution in [-0.4, -0.2) is 25.8 Å². The Morgan fingerprint density at radius 1 is 1.06 bits per heavy atom. The highest BCUT2D eigenvalue weighted by Gasteiger charge is 2.24. The van der Waals surface area contributed by atoms with E-state index in [-0.39, 0.29) is 5.91 Å². The van der Waals surface area contributed by atoms with Crippen LogP contribution in [0.25, 0.3) is 0 Å². The molecule has 2 aromatic carbocycles. The number of anilines is 1. The molecule has 0 radical (unpaired) electrons. The number of nitrogens with one attached hydrogen (secondary N) is 1. The zero-order valence-corrected chi connectivity index (χ0v) is 20.7. The number of rotatable bonds is 8. The Morgan fingerprint density at radius 2 is 1.85 bits per heavy atom. The molecule has 1 aliphatic rings. The molecule has 0 atom stereocenters. The fraction of sp³-hybridized carbons (Fsp3) is 0.357. The number of aryl methyl sites for hydroxylation is 1. The highest BCUT2D eigenvalue weighted by Crippen LogP contribution is 2.40. The van der Waals surface area contributed by atoms with Gasteiger partial charge in [0.1, 0.15) is 5.00 Å². The monoisotopic (exact) mass is 476 g/mol. The molecule has 0 bridgehead atoms. The van der Waals surface area contributed by atoms with Gasteiger partial charge in [0.25, 0.3) is 5.91 Å². The summed E-state index contributed by atoms with van der Waals surface area (Å²) in [5.74, 6) is 1.27. The molecule has 1 N–H and O–H groups in total. The van der Waals surface area contributed by atoms with Gasteiger partial charge in [0, 0.05) is 22.3 Å². The minimum atomic E-state index is -0.0930. The molecule has 0 saturated heterocycles. The maximum atomic E-state index is 13.5. The Bertz CT molecular complexity index is 1140. The van der Waals surface area contributed by atoms with E-state index >= 15 is 0 Å². The molecular weight excluding hydrogens is 444 g/mol. The van der Waals surface area contributed by atoms with E-state index in [0.717, 1.165) is 48.4 Å². The maximum Gasteiger partial charge on any atom is 0.259 e. The number of thiophene rings is 1. The number of nitrogens with zero attached hydrogens (tertiary/aromatic N) is 1. The van der Waals surface area contributed by atoms with Crippen molar-refractivity contribution in [3.8, 4) is 11.5 Å². The van der Waals surface area contributed by atoms with Crippen LogP contribution in [0.15, 0.2) is 53.5 Å². The second-order valence-corrected chi connectivity index (χ2v) is 9.49. The summed E-state index contributed by atoms with van der Waals surface area (Å²) >= 11 is 1.65. The Hall–Kier alpha value is -3.12. The standard InChI is InChI=1S/C28H32N2O3S/c1-3-18-33-26-20(12-11-16-23(26)32-2)19-29-28-25(27(31)30-21-13-7-6-8-14-21)22-15-9-4-5-10-17-24(22)34-28/h6-8,11-14,16,19H,3-5,9-10,15,17-18H2,1-2H3,(H,30,31). The second kappa shape index (κ2) is 11.8. The number of carbonyl (C=O) groups excluding carboxylic acids is 1. The topological polar surface area (TPSA) is 59.9 Å². The van der Waals surface area contributed by atoms with Crippen LogP contribution < -0.4 is 14.8 Å². The van der Waals surface area contributed by atoms with E-state index in [1.54, 1.807) is 24.7 Å². The Kier molecular flexibility index (Phi) is 8.36. The van der Waals surface area contributed by atoms with Gasteiger partial charge in [-0.3, -0.25) is 4.79 Å². The number of hydrogen-bond acceptors (Lipinski definition) is 5. The molecular formula is C28H32N2O3S. The molecule has 6 heteroatoms. The van der Waals surface area contributed by atoms with Crippen LogP contribution in [-0.2, 0) is 12.8 Å². The van der Waals surface area contributed by atoms with E-state index in [1.165, 1.54) is 23.3 Å². The first-order valence-corrected chi connectivity index (χ1v) is 12.9. The molecule has 1 heterocycles. The van der Waals surface area contributed by atoms with Crippen molar-refractivity contribution in [2.24, 2.45) is 4.99 Å². The summed E-state index contributed by atoms with van der Waals surface area (Å²) in [6.07, 6.45) is 9.32. The highest BCUT2D eigenvalue weighted by atomic mass is 32.1. The average molecular weight is 477 g/mol. The van der Waals surface area contributed by atoms with Crippen LogP contribution in [0.2, 0.25) is 0 Å². The molecule has 1 amide bonds. The van der Waals surface area contributed by atoms with Crippen LogP contribution in [0.1, 0.15) is 65.4 Å². The molecule has 178 valence electrons. The van der Waals surface area contributed by atoms with Crippen molar-refractivity contribution < 1.29 is 14.3 Å². The SMILES string of the molecule is CCCOc1c(C=Nc2sc3c(c2C(=O)Nc2ccccc2)CCCCCC3)cccc1OC. The maximum absolute atomic E-state index is 13.5. The third-order valence-electron chi connectivity index (χ3n) is 5.91. The number of aliphatic imine (C=N–C) groups is 1. The van der Waals surface area contributed by atoms with Gasteiger partial charge in [0.15, 0.2) is 11.5 Å². The lowest BCUT2D eigenvalue weighted by molar-refractivity contribution is 0.102. The van der Waals surface area contributed by atoms with Crippen molar-refractivity contribution in [1.29, 1.82) is 0 Å². The van der Waals surface area contributed by atoms with Crippen molar-refractivity contribution in [3.63, 3.8) is 0 Å². The molecule has 0 spiro atoms. The van der Waals surface area contributed by atoms with Gasteiger partial charge in [-0.25, -0.2) is 4.99 Å². The molecule has 0 aliphatic heterocycles. The number of carbonyl (C=O) groups is 1. The number of amides is 1. The lowest BCUT2D eigenvalue weighted by atomic mass is 9.96. The van der Waals surface area contributed by atoms with E-state index in [2.05, 4.69) is 12.2 Å². The predicted molar refractivity (Wildman–Crippen MR) is 141 cm³/mol. The van der Waals surface area contributed by atoms with E-state index in [4.69, 9.17) is 14.5 Å². The van der Waals surface area contributed by atoms with E-state index < -0.39 is 0 Å². The van der Waals surface area contributed by atoms with Gasteiger partial charge in [-0.15, -0.1) is 11.3 Å². The van der Waals surface area contributed by atoms with Crippen LogP contribution >= 0.6 is 11.3 Å². The molecule has 3 aromatic rings. The summed E-state index contributed by atoms with van der Waals surface area (Å²) in [6, 6.07) is 15.4. The van der Waals surface area contributed by atoms with Gasteiger partial charge in [0.2, 0.25) is 0 Å². The second-order valence-electron chi connectivity index (χ2n) is 8.40. The summed E-state index contributed by atoms with van der Waals surface area (Å²) in [5, 5.41) is 3.83. The van der Waals surface area contributed by atoms with Crippen LogP contribution in [0.5, 0.6) is 11.5 Å². The fourth-order valence-electron chi connectivity index (χ4n) is 4.23. The molecule has 4 rings (SSSR count). The smallest absolute Gasteiger partial charge is 0.259 e. The highest BCUT2D eigenvalue weighted by molar-refractivity contribution is 7.16. The van der Waals surface area contributed by atoms with Crippen LogP contribution in [0.3, 0.4) is 0 Å². The zero-order valence-electron chi connectivity index (χ0n) is 19.9. The van der Waals surface area contributed by atoms with E-state index in [9.17, 15) is 4.79 Å². The average Bonchev–Trinajstić information content (AvgIpc) is 3.18. The van der Waals surface area contributed by atoms with Gasteiger partial charge in [-0.1, -0.05) is 44.0 Å². The molecule has 1 aromatic heterocycles. The fourth-order valence-corrected chi connectivity index (χ4v) is 5.46. The van der Waals surface area contributed by atoms with E-state index in [0.29, 0.717) is 23.7 Å². The molecule has 1 aliphatic carbocycles. The molecule has 0 unspecified atom stereocenters. The number of hydrogen-bond donors (Lipinski definition) is 1. The van der Waals surface area contributed by atoms with Crippen molar-refractivity contribution >= 4 is 34.1 Å². The largest absolute Gasteiger partial charge is 0.493 e. The molecule has 0 fully saturated rings. The normalized spacial score (nSPS) is 13.7. The quantitative estimate of drug-likeness (QED) is 0.350. The summed E-state index contributed by atoms with van der Waals surface area (Å²) in [5.41, 5.74) is 3.50. The Labute approximate surface area is 205 Å². The summed E-state index contributed by atoms with van der Waals surface area (Å²) in [4.78, 5) is 19.6. The molecule has 0 saturated carbocycles. The first kappa shape index (κ1) is 24.0. The van der Waals surface area contributed by atoms with Crippen molar-refractivity contribution in [2.75, 3.05) is 19.0 Å². The number of ether oxygens (including phenoxy) is 2.